The molecule has 1 heterocycles. The van der Waals surface area contributed by atoms with Gasteiger partial charge in [0.05, 0.1) is 11.1 Å². The number of nitrogens with two attached hydrogens (primary N) is 1. The summed E-state index contributed by atoms with van der Waals surface area (Å²) in [5, 5.41) is 10.2. The number of hydrogen-bond acceptors (Lipinski definition) is 3. The molecule has 0 saturated heterocycles. The van der Waals surface area contributed by atoms with Crippen LogP contribution in [0.4, 0.5) is 5.82 Å². The Kier molecular flexibility index (Phi) is 4.36. The molecule has 3 N–H and O–H groups in total. The molecule has 0 radical (unpaired) electrons. The quantitative estimate of drug-likeness (QED) is 0.831. The SMILES string of the molecule is CC(C)C(O)CCc1cc(Cl)cnc1N. The van der Waals surface area contributed by atoms with Crippen LogP contribution in [0.5, 0.6) is 0 Å². The van der Waals surface area contributed by atoms with Gasteiger partial charge in [-0.2, -0.15) is 0 Å². The number of aliphatic hydroxyl groups excluding tert-OH is 1. The number of nitrogen functional groups attached to an aromatic ring is 1. The Morgan fingerprint density at radius 1 is 1.53 bits per heavy atom. The number of nitrogens with zero attached hydrogens (tertiary/aromatic N) is 1. The van der Waals surface area contributed by atoms with Crippen molar-refractivity contribution >= 4 is 17.4 Å². The summed E-state index contributed by atoms with van der Waals surface area (Å²) >= 11 is 5.81. The third kappa shape index (κ3) is 3.68. The van der Waals surface area contributed by atoms with E-state index in [0.717, 1.165) is 5.56 Å². The maximum atomic E-state index is 9.65. The monoisotopic (exact) mass is 228 g/mol. The van der Waals surface area contributed by atoms with Crippen molar-refractivity contribution in [2.24, 2.45) is 5.92 Å². The van der Waals surface area contributed by atoms with Crippen molar-refractivity contribution in [1.29, 1.82) is 0 Å². The standard InChI is InChI=1S/C11H17ClN2O/c1-7(2)10(15)4-3-8-5-9(12)6-14-11(8)13/h5-7,10,15H,3-4H2,1-2H3,(H2,13,14). The van der Waals surface area contributed by atoms with Crippen molar-refractivity contribution in [3.8, 4) is 0 Å². The van der Waals surface area contributed by atoms with E-state index >= 15 is 0 Å². The summed E-state index contributed by atoms with van der Waals surface area (Å²) in [4.78, 5) is 3.97. The number of anilines is 1. The first-order valence-corrected chi connectivity index (χ1v) is 5.46. The molecular weight excluding hydrogens is 212 g/mol. The fourth-order valence-corrected chi connectivity index (χ4v) is 1.51. The fourth-order valence-electron chi connectivity index (χ4n) is 1.33. The zero-order valence-corrected chi connectivity index (χ0v) is 9.83. The van der Waals surface area contributed by atoms with Crippen LogP contribution in [0.1, 0.15) is 25.8 Å². The number of aromatic nitrogens is 1. The van der Waals surface area contributed by atoms with Gasteiger partial charge >= 0.3 is 0 Å². The fraction of sp³-hybridized carbons (Fsp3) is 0.545. The van der Waals surface area contributed by atoms with Gasteiger partial charge in [0.2, 0.25) is 0 Å². The normalized spacial score (nSPS) is 13.1. The zero-order valence-electron chi connectivity index (χ0n) is 9.07. The Balaban J connectivity index is 2.61. The van der Waals surface area contributed by atoms with Gasteiger partial charge in [0.25, 0.3) is 0 Å². The number of pyridine rings is 1. The van der Waals surface area contributed by atoms with Gasteiger partial charge in [-0.1, -0.05) is 25.4 Å². The van der Waals surface area contributed by atoms with Crippen molar-refractivity contribution in [3.05, 3.63) is 22.8 Å². The Labute approximate surface area is 95.3 Å². The predicted molar refractivity (Wildman–Crippen MR) is 62.8 cm³/mol. The molecule has 1 rings (SSSR count). The summed E-state index contributed by atoms with van der Waals surface area (Å²) in [5.41, 5.74) is 6.61. The molecule has 0 spiro atoms. The smallest absolute Gasteiger partial charge is 0.126 e. The van der Waals surface area contributed by atoms with Crippen molar-refractivity contribution in [2.75, 3.05) is 5.73 Å². The molecule has 0 saturated carbocycles. The molecule has 0 aromatic carbocycles. The number of hydrogen-bond donors (Lipinski definition) is 2. The molecule has 0 aliphatic carbocycles. The summed E-state index contributed by atoms with van der Waals surface area (Å²) in [7, 11) is 0. The predicted octanol–water partition coefficient (Wildman–Crippen LogP) is 2.27. The van der Waals surface area contributed by atoms with Crippen LogP contribution in [0.3, 0.4) is 0 Å². The summed E-state index contributed by atoms with van der Waals surface area (Å²) in [6.45, 7) is 3.98. The van der Waals surface area contributed by atoms with Crippen molar-refractivity contribution in [2.45, 2.75) is 32.8 Å². The summed E-state index contributed by atoms with van der Waals surface area (Å²) in [6, 6.07) is 1.80. The van der Waals surface area contributed by atoms with E-state index in [0.29, 0.717) is 23.7 Å². The van der Waals surface area contributed by atoms with Gasteiger partial charge < -0.3 is 10.8 Å². The minimum atomic E-state index is -0.302. The molecule has 1 atom stereocenters. The van der Waals surface area contributed by atoms with Gasteiger partial charge in [-0.15, -0.1) is 0 Å². The molecule has 1 aromatic heterocycles. The lowest BCUT2D eigenvalue weighted by molar-refractivity contribution is 0.116. The second-order valence-corrected chi connectivity index (χ2v) is 4.48. The highest BCUT2D eigenvalue weighted by molar-refractivity contribution is 6.30. The molecule has 1 aromatic rings. The van der Waals surface area contributed by atoms with Gasteiger partial charge in [-0.25, -0.2) is 4.98 Å². The summed E-state index contributed by atoms with van der Waals surface area (Å²) in [5.74, 6) is 0.758. The highest BCUT2D eigenvalue weighted by Crippen LogP contribution is 2.18. The highest BCUT2D eigenvalue weighted by atomic mass is 35.5. The van der Waals surface area contributed by atoms with Gasteiger partial charge in [-0.3, -0.25) is 0 Å². The molecule has 1 unspecified atom stereocenters. The van der Waals surface area contributed by atoms with Crippen LogP contribution < -0.4 is 5.73 Å². The average molecular weight is 229 g/mol. The maximum absolute atomic E-state index is 9.65. The molecule has 15 heavy (non-hydrogen) atoms. The van der Waals surface area contributed by atoms with Crippen LogP contribution in [0.15, 0.2) is 12.3 Å². The molecule has 0 bridgehead atoms. The lowest BCUT2D eigenvalue weighted by atomic mass is 10.00. The number of aryl methyl sites for hydroxylation is 1. The maximum Gasteiger partial charge on any atom is 0.126 e. The van der Waals surface area contributed by atoms with Crippen molar-refractivity contribution in [1.82, 2.24) is 4.98 Å². The first-order chi connectivity index (χ1) is 7.00. The van der Waals surface area contributed by atoms with Crippen molar-refractivity contribution < 1.29 is 5.11 Å². The van der Waals surface area contributed by atoms with Crippen LogP contribution in [0, 0.1) is 5.92 Å². The Bertz CT molecular complexity index is 328. The van der Waals surface area contributed by atoms with Gasteiger partial charge in [0.15, 0.2) is 0 Å². The van der Waals surface area contributed by atoms with Crippen molar-refractivity contribution in [3.63, 3.8) is 0 Å². The summed E-state index contributed by atoms with van der Waals surface area (Å²) in [6.07, 6.45) is 2.62. The second-order valence-electron chi connectivity index (χ2n) is 4.05. The second kappa shape index (κ2) is 5.33. The average Bonchev–Trinajstić information content (AvgIpc) is 2.18. The number of halogens is 1. The highest BCUT2D eigenvalue weighted by Gasteiger charge is 2.10. The summed E-state index contributed by atoms with van der Waals surface area (Å²) < 4.78 is 0. The molecule has 0 amide bonds. The molecule has 0 aliphatic heterocycles. The molecule has 0 fully saturated rings. The number of rotatable bonds is 4. The molecule has 3 nitrogen and oxygen atoms in total. The Morgan fingerprint density at radius 3 is 2.80 bits per heavy atom. The first kappa shape index (κ1) is 12.3. The topological polar surface area (TPSA) is 59.1 Å². The minimum absolute atomic E-state index is 0.262. The third-order valence-electron chi connectivity index (χ3n) is 2.45. The van der Waals surface area contributed by atoms with Crippen LogP contribution in [0.25, 0.3) is 0 Å². The van der Waals surface area contributed by atoms with E-state index in [1.165, 1.54) is 6.20 Å². The number of aliphatic hydroxyl groups is 1. The minimum Gasteiger partial charge on any atom is -0.393 e. The van der Waals surface area contributed by atoms with E-state index < -0.39 is 0 Å². The van der Waals surface area contributed by atoms with E-state index in [1.54, 1.807) is 6.07 Å². The Morgan fingerprint density at radius 2 is 2.20 bits per heavy atom. The van der Waals surface area contributed by atoms with E-state index in [4.69, 9.17) is 17.3 Å². The molecule has 84 valence electrons. The largest absolute Gasteiger partial charge is 0.393 e. The first-order valence-electron chi connectivity index (χ1n) is 5.08. The van der Waals surface area contributed by atoms with E-state index in [-0.39, 0.29) is 12.0 Å². The zero-order chi connectivity index (χ0) is 11.4. The molecule has 0 aliphatic rings. The van der Waals surface area contributed by atoms with E-state index in [2.05, 4.69) is 4.98 Å². The molecular formula is C11H17ClN2O. The van der Waals surface area contributed by atoms with Crippen LogP contribution in [-0.2, 0) is 6.42 Å². The Hall–Kier alpha value is -0.800. The van der Waals surface area contributed by atoms with E-state index in [9.17, 15) is 5.11 Å². The van der Waals surface area contributed by atoms with Crippen LogP contribution in [-0.4, -0.2) is 16.2 Å². The molecule has 4 heteroatoms. The lowest BCUT2D eigenvalue weighted by Gasteiger charge is -2.14. The van der Waals surface area contributed by atoms with E-state index in [1.807, 2.05) is 13.8 Å². The van der Waals surface area contributed by atoms with Gasteiger partial charge in [0.1, 0.15) is 5.82 Å². The van der Waals surface area contributed by atoms with Gasteiger partial charge in [0, 0.05) is 6.20 Å². The van der Waals surface area contributed by atoms with Crippen LogP contribution >= 0.6 is 11.6 Å². The lowest BCUT2D eigenvalue weighted by Crippen LogP contribution is -2.15. The van der Waals surface area contributed by atoms with Crippen LogP contribution in [0.2, 0.25) is 5.02 Å². The third-order valence-corrected chi connectivity index (χ3v) is 2.65. The van der Waals surface area contributed by atoms with Gasteiger partial charge in [-0.05, 0) is 30.4 Å².